The van der Waals surface area contributed by atoms with Crippen LogP contribution in [0.5, 0.6) is 0 Å². The highest BCUT2D eigenvalue weighted by Gasteiger charge is 2.23. The van der Waals surface area contributed by atoms with Gasteiger partial charge in [0.2, 0.25) is 0 Å². The number of carboxylic acid groups (broad SMARTS) is 1. The molecule has 0 unspecified atom stereocenters. The van der Waals surface area contributed by atoms with E-state index in [0.29, 0.717) is 9.90 Å². The molecular weight excluding hydrogens is 196 g/mol. The fourth-order valence-electron chi connectivity index (χ4n) is 1.50. The lowest BCUT2D eigenvalue weighted by molar-refractivity contribution is 0.0702. The molecule has 12 heavy (non-hydrogen) atoms. The van der Waals surface area contributed by atoms with Crippen molar-refractivity contribution in [2.24, 2.45) is 0 Å². The summed E-state index contributed by atoms with van der Waals surface area (Å²) in [6, 6.07) is 0. The molecule has 2 nitrogen and oxygen atoms in total. The minimum Gasteiger partial charge on any atom is -0.477 e. The van der Waals surface area contributed by atoms with Crippen molar-refractivity contribution in [2.45, 2.75) is 19.3 Å². The number of fused-ring (bicyclic) bond motifs is 1. The van der Waals surface area contributed by atoms with Crippen LogP contribution in [0.25, 0.3) is 0 Å². The number of halogens is 1. The quantitative estimate of drug-likeness (QED) is 0.760. The smallest absolute Gasteiger partial charge is 0.347 e. The van der Waals surface area contributed by atoms with Crippen LogP contribution in [0.2, 0.25) is 5.02 Å². The van der Waals surface area contributed by atoms with Crippen molar-refractivity contribution >= 4 is 28.9 Å². The maximum absolute atomic E-state index is 10.7. The summed E-state index contributed by atoms with van der Waals surface area (Å²) in [6.45, 7) is 0. The first-order valence-corrected chi connectivity index (χ1v) is 4.93. The highest BCUT2D eigenvalue weighted by atomic mass is 35.5. The summed E-state index contributed by atoms with van der Waals surface area (Å²) in [5.74, 6) is -0.903. The zero-order valence-electron chi connectivity index (χ0n) is 6.26. The molecule has 1 aliphatic rings. The molecule has 0 aromatic carbocycles. The molecule has 1 N–H and O–H groups in total. The minimum absolute atomic E-state index is 0.307. The molecule has 0 aliphatic heterocycles. The van der Waals surface area contributed by atoms with Crippen molar-refractivity contribution < 1.29 is 9.90 Å². The van der Waals surface area contributed by atoms with Crippen LogP contribution in [-0.2, 0) is 12.8 Å². The molecule has 0 saturated carbocycles. The topological polar surface area (TPSA) is 37.3 Å². The Balaban J connectivity index is 2.54. The molecule has 64 valence electrons. The van der Waals surface area contributed by atoms with Gasteiger partial charge < -0.3 is 5.11 Å². The van der Waals surface area contributed by atoms with Gasteiger partial charge in [0, 0.05) is 4.88 Å². The second-order valence-corrected chi connectivity index (χ2v) is 4.29. The van der Waals surface area contributed by atoms with Crippen LogP contribution in [0.15, 0.2) is 0 Å². The molecule has 1 aromatic heterocycles. The van der Waals surface area contributed by atoms with E-state index in [1.165, 1.54) is 11.3 Å². The molecule has 1 aromatic rings. The second kappa shape index (κ2) is 2.75. The monoisotopic (exact) mass is 202 g/mol. The Morgan fingerprint density at radius 3 is 2.83 bits per heavy atom. The highest BCUT2D eigenvalue weighted by molar-refractivity contribution is 7.14. The van der Waals surface area contributed by atoms with E-state index in [1.807, 2.05) is 0 Å². The van der Waals surface area contributed by atoms with Crippen LogP contribution in [0.3, 0.4) is 0 Å². The van der Waals surface area contributed by atoms with E-state index in [2.05, 4.69) is 0 Å². The Bertz CT molecular complexity index is 343. The largest absolute Gasteiger partial charge is 0.477 e. The average Bonchev–Trinajstić information content (AvgIpc) is 2.53. The minimum atomic E-state index is -0.903. The van der Waals surface area contributed by atoms with Gasteiger partial charge in [0.25, 0.3) is 0 Å². The number of rotatable bonds is 1. The number of carbonyl (C=O) groups is 1. The van der Waals surface area contributed by atoms with Crippen molar-refractivity contribution in [3.63, 3.8) is 0 Å². The third-order valence-electron chi connectivity index (χ3n) is 2.05. The van der Waals surface area contributed by atoms with Gasteiger partial charge >= 0.3 is 5.97 Å². The van der Waals surface area contributed by atoms with Gasteiger partial charge in [-0.2, -0.15) is 0 Å². The Kier molecular flexibility index (Phi) is 1.85. The Hall–Kier alpha value is -0.540. The van der Waals surface area contributed by atoms with Crippen LogP contribution in [-0.4, -0.2) is 11.1 Å². The van der Waals surface area contributed by atoms with Crippen molar-refractivity contribution in [1.82, 2.24) is 0 Å². The Morgan fingerprint density at radius 1 is 1.50 bits per heavy atom. The van der Waals surface area contributed by atoms with Gasteiger partial charge in [-0.25, -0.2) is 4.79 Å². The number of carboxylic acids is 1. The fraction of sp³-hybridized carbons (Fsp3) is 0.375. The number of aryl methyl sites for hydroxylation is 1. The molecule has 0 radical (unpaired) electrons. The molecular formula is C8H7ClO2S. The molecule has 4 heteroatoms. The van der Waals surface area contributed by atoms with Gasteiger partial charge in [0.15, 0.2) is 0 Å². The molecule has 0 fully saturated rings. The molecule has 0 bridgehead atoms. The van der Waals surface area contributed by atoms with E-state index in [-0.39, 0.29) is 0 Å². The van der Waals surface area contributed by atoms with Crippen LogP contribution >= 0.6 is 22.9 Å². The molecule has 0 amide bonds. The lowest BCUT2D eigenvalue weighted by atomic mass is 10.2. The van der Waals surface area contributed by atoms with E-state index in [9.17, 15) is 4.79 Å². The zero-order chi connectivity index (χ0) is 8.72. The molecule has 0 spiro atoms. The van der Waals surface area contributed by atoms with Gasteiger partial charge in [0.05, 0.1) is 5.02 Å². The Labute approximate surface area is 78.8 Å². The summed E-state index contributed by atoms with van der Waals surface area (Å²) in [5, 5.41) is 9.22. The molecule has 0 atom stereocenters. The predicted molar refractivity (Wildman–Crippen MR) is 48.3 cm³/mol. The first-order chi connectivity index (χ1) is 5.70. The molecule has 1 aliphatic carbocycles. The number of aromatic carboxylic acids is 1. The third-order valence-corrected chi connectivity index (χ3v) is 3.86. The molecule has 1 heterocycles. The van der Waals surface area contributed by atoms with Crippen molar-refractivity contribution in [3.05, 3.63) is 20.3 Å². The maximum atomic E-state index is 10.7. The summed E-state index contributed by atoms with van der Waals surface area (Å²) in [5.41, 5.74) is 1.07. The maximum Gasteiger partial charge on any atom is 0.347 e. The normalized spacial score (nSPS) is 14.8. The standard InChI is InChI=1S/C8H7ClO2S/c9-6-4-2-1-3-5(4)12-7(6)8(10)11/h1-3H2,(H,10,11). The first kappa shape index (κ1) is 8.08. The van der Waals surface area contributed by atoms with Crippen molar-refractivity contribution in [2.75, 3.05) is 0 Å². The van der Waals surface area contributed by atoms with Crippen LogP contribution in [0.1, 0.15) is 26.5 Å². The van der Waals surface area contributed by atoms with Crippen molar-refractivity contribution in [1.29, 1.82) is 0 Å². The summed E-state index contributed by atoms with van der Waals surface area (Å²) in [4.78, 5) is 12.1. The first-order valence-electron chi connectivity index (χ1n) is 3.73. The van der Waals surface area contributed by atoms with Crippen molar-refractivity contribution in [3.8, 4) is 0 Å². The van der Waals surface area contributed by atoms with Gasteiger partial charge in [-0.3, -0.25) is 0 Å². The summed E-state index contributed by atoms with van der Waals surface area (Å²) in [7, 11) is 0. The summed E-state index contributed by atoms with van der Waals surface area (Å²) < 4.78 is 0. The zero-order valence-corrected chi connectivity index (χ0v) is 7.84. The SMILES string of the molecule is O=C(O)c1sc2c(c1Cl)CCC2. The molecule has 0 saturated heterocycles. The lowest BCUT2D eigenvalue weighted by Gasteiger charge is -1.91. The lowest BCUT2D eigenvalue weighted by Crippen LogP contribution is -1.92. The van der Waals surface area contributed by atoms with E-state index < -0.39 is 5.97 Å². The number of thiophene rings is 1. The third kappa shape index (κ3) is 1.04. The summed E-state index contributed by atoms with van der Waals surface area (Å²) in [6.07, 6.45) is 3.05. The van der Waals surface area contributed by atoms with E-state index >= 15 is 0 Å². The van der Waals surface area contributed by atoms with E-state index in [0.717, 1.165) is 29.7 Å². The Morgan fingerprint density at radius 2 is 2.25 bits per heavy atom. The second-order valence-electron chi connectivity index (χ2n) is 2.81. The number of hydrogen-bond donors (Lipinski definition) is 1. The summed E-state index contributed by atoms with van der Waals surface area (Å²) >= 11 is 7.22. The van der Waals surface area contributed by atoms with E-state index in [1.54, 1.807) is 0 Å². The van der Waals surface area contributed by atoms with Crippen LogP contribution in [0.4, 0.5) is 0 Å². The van der Waals surface area contributed by atoms with Gasteiger partial charge in [0.1, 0.15) is 4.88 Å². The highest BCUT2D eigenvalue weighted by Crippen LogP contribution is 2.38. The molecule has 2 rings (SSSR count). The number of hydrogen-bond acceptors (Lipinski definition) is 2. The van der Waals surface area contributed by atoms with Gasteiger partial charge in [-0.15, -0.1) is 11.3 Å². The van der Waals surface area contributed by atoms with Gasteiger partial charge in [-0.1, -0.05) is 11.6 Å². The van der Waals surface area contributed by atoms with E-state index in [4.69, 9.17) is 16.7 Å². The van der Waals surface area contributed by atoms with Gasteiger partial charge in [-0.05, 0) is 24.8 Å². The van der Waals surface area contributed by atoms with Crippen LogP contribution < -0.4 is 0 Å². The van der Waals surface area contributed by atoms with Crippen LogP contribution in [0, 0.1) is 0 Å². The predicted octanol–water partition coefficient (Wildman–Crippen LogP) is 2.59. The fourth-order valence-corrected chi connectivity index (χ4v) is 3.08. The average molecular weight is 203 g/mol.